The average molecular weight is 304 g/mol. The summed E-state index contributed by atoms with van der Waals surface area (Å²) < 4.78 is 1.44. The fourth-order valence-electron chi connectivity index (χ4n) is 1.85. The largest absolute Gasteiger partial charge is 0.352 e. The van der Waals surface area contributed by atoms with Gasteiger partial charge in [0, 0.05) is 17.1 Å². The molecule has 1 aromatic heterocycles. The molecular weight excluding hydrogens is 290 g/mol. The minimum Gasteiger partial charge on any atom is -0.276 e. The van der Waals surface area contributed by atoms with Crippen LogP contribution in [-0.4, -0.2) is 21.1 Å². The Morgan fingerprint density at radius 2 is 2.24 bits per heavy atom. The lowest BCUT2D eigenvalue weighted by molar-refractivity contribution is 0.677. The van der Waals surface area contributed by atoms with Gasteiger partial charge in [0.25, 0.3) is 0 Å². The van der Waals surface area contributed by atoms with Crippen molar-refractivity contribution in [3.63, 3.8) is 0 Å². The van der Waals surface area contributed by atoms with Gasteiger partial charge in [-0.05, 0) is 19.1 Å². The van der Waals surface area contributed by atoms with Crippen molar-refractivity contribution in [1.82, 2.24) is 14.5 Å². The molecule has 0 atom stereocenters. The van der Waals surface area contributed by atoms with Crippen molar-refractivity contribution in [3.8, 4) is 23.7 Å². The van der Waals surface area contributed by atoms with E-state index in [-0.39, 0.29) is 12.5 Å². The number of halogens is 1. The number of anilines is 1. The Morgan fingerprint density at radius 3 is 2.86 bits per heavy atom. The molecule has 0 saturated heterocycles. The van der Waals surface area contributed by atoms with Gasteiger partial charge in [-0.2, -0.15) is 9.97 Å². The monoisotopic (exact) mass is 303 g/mol. The van der Waals surface area contributed by atoms with Gasteiger partial charge in [-0.1, -0.05) is 29.7 Å². The van der Waals surface area contributed by atoms with Crippen LogP contribution < -0.4 is 16.5 Å². The molecule has 21 heavy (non-hydrogen) atoms. The lowest BCUT2D eigenvalue weighted by Gasteiger charge is -2.16. The summed E-state index contributed by atoms with van der Waals surface area (Å²) in [6, 6.07) is 7.06. The molecule has 0 unspecified atom stereocenters. The molecule has 0 radical (unpaired) electrons. The van der Waals surface area contributed by atoms with E-state index in [1.54, 1.807) is 18.2 Å². The van der Waals surface area contributed by atoms with Gasteiger partial charge in [-0.25, -0.2) is 10.6 Å². The smallest absolute Gasteiger partial charge is 0.276 e. The number of rotatable bonds is 4. The molecule has 0 amide bonds. The van der Waals surface area contributed by atoms with Crippen LogP contribution in [0.4, 0.5) is 5.95 Å². The molecule has 0 aliphatic carbocycles. The van der Waals surface area contributed by atoms with Crippen LogP contribution in [0.2, 0.25) is 5.02 Å². The first-order valence-corrected chi connectivity index (χ1v) is 6.65. The summed E-state index contributed by atoms with van der Waals surface area (Å²) >= 11 is 5.99. The van der Waals surface area contributed by atoms with Gasteiger partial charge in [0.15, 0.2) is 0 Å². The number of hydrazine groups is 1. The minimum absolute atomic E-state index is 0.0811. The highest BCUT2D eigenvalue weighted by atomic mass is 35.5. The van der Waals surface area contributed by atoms with Gasteiger partial charge >= 0.3 is 5.69 Å². The standard InChI is InChI=1S/C14H14ClN5O/c1-3-8-20(16)13-17-12(19(4-2)14(21)18-13)10-6-5-7-11(15)9-10/h1,5-7,9H,4,8,16H2,2H3. The zero-order valence-corrected chi connectivity index (χ0v) is 12.2. The number of terminal acetylenes is 1. The number of hydrogen-bond donors (Lipinski definition) is 1. The molecule has 2 N–H and O–H groups in total. The molecule has 0 aliphatic heterocycles. The summed E-state index contributed by atoms with van der Waals surface area (Å²) in [5.41, 5.74) is 0.268. The SMILES string of the molecule is C#CCN(N)c1nc(-c2cccc(Cl)c2)n(CC)c(=O)n1. The summed E-state index contributed by atoms with van der Waals surface area (Å²) in [7, 11) is 0. The number of nitrogens with zero attached hydrogens (tertiary/aromatic N) is 4. The van der Waals surface area contributed by atoms with Crippen LogP contribution in [0, 0.1) is 12.3 Å². The van der Waals surface area contributed by atoms with Crippen LogP contribution >= 0.6 is 11.6 Å². The first kappa shape index (κ1) is 15.0. The van der Waals surface area contributed by atoms with Crippen LogP contribution in [0.5, 0.6) is 0 Å². The Labute approximate surface area is 127 Å². The van der Waals surface area contributed by atoms with Crippen molar-refractivity contribution in [2.75, 3.05) is 11.6 Å². The van der Waals surface area contributed by atoms with Crippen LogP contribution in [0.25, 0.3) is 11.4 Å². The third-order valence-electron chi connectivity index (χ3n) is 2.81. The highest BCUT2D eigenvalue weighted by Gasteiger charge is 2.14. The normalized spacial score (nSPS) is 10.2. The van der Waals surface area contributed by atoms with Crippen molar-refractivity contribution >= 4 is 17.5 Å². The summed E-state index contributed by atoms with van der Waals surface area (Å²) in [6.45, 7) is 2.37. The molecule has 2 aromatic rings. The fourth-order valence-corrected chi connectivity index (χ4v) is 2.04. The van der Waals surface area contributed by atoms with Crippen LogP contribution in [0.3, 0.4) is 0 Å². The van der Waals surface area contributed by atoms with Gasteiger partial charge < -0.3 is 0 Å². The van der Waals surface area contributed by atoms with Crippen LogP contribution in [0.1, 0.15) is 6.92 Å². The second-order valence-electron chi connectivity index (χ2n) is 4.22. The maximum absolute atomic E-state index is 12.1. The highest BCUT2D eigenvalue weighted by Crippen LogP contribution is 2.21. The Bertz CT molecular complexity index is 750. The molecule has 6 nitrogen and oxygen atoms in total. The number of nitrogens with two attached hydrogens (primary N) is 1. The average Bonchev–Trinajstić information content (AvgIpc) is 2.46. The first-order chi connectivity index (χ1) is 10.1. The molecule has 0 fully saturated rings. The van der Waals surface area contributed by atoms with E-state index in [0.717, 1.165) is 5.01 Å². The molecule has 1 heterocycles. The molecule has 108 valence electrons. The second kappa shape index (κ2) is 6.39. The van der Waals surface area contributed by atoms with E-state index in [1.807, 2.05) is 13.0 Å². The van der Waals surface area contributed by atoms with Gasteiger partial charge in [-0.15, -0.1) is 6.42 Å². The quantitative estimate of drug-likeness (QED) is 0.523. The van der Waals surface area contributed by atoms with Crippen molar-refractivity contribution < 1.29 is 0 Å². The zero-order chi connectivity index (χ0) is 15.4. The van der Waals surface area contributed by atoms with Crippen LogP contribution in [-0.2, 0) is 6.54 Å². The lowest BCUT2D eigenvalue weighted by Crippen LogP contribution is -2.36. The Balaban J connectivity index is 2.63. The third kappa shape index (κ3) is 3.21. The highest BCUT2D eigenvalue weighted by molar-refractivity contribution is 6.30. The Morgan fingerprint density at radius 1 is 1.48 bits per heavy atom. The summed E-state index contributed by atoms with van der Waals surface area (Å²) in [5, 5.41) is 1.70. The summed E-state index contributed by atoms with van der Waals surface area (Å²) in [4.78, 5) is 20.3. The number of aromatic nitrogens is 3. The third-order valence-corrected chi connectivity index (χ3v) is 3.04. The topological polar surface area (TPSA) is 77.0 Å². The predicted octanol–water partition coefficient (Wildman–Crippen LogP) is 1.29. The minimum atomic E-state index is -0.440. The molecule has 1 aromatic carbocycles. The Kier molecular flexibility index (Phi) is 4.58. The van der Waals surface area contributed by atoms with Gasteiger partial charge in [0.2, 0.25) is 5.95 Å². The molecule has 0 spiro atoms. The molecular formula is C14H14ClN5O. The predicted molar refractivity (Wildman–Crippen MR) is 82.8 cm³/mol. The van der Waals surface area contributed by atoms with E-state index in [1.165, 1.54) is 4.57 Å². The summed E-state index contributed by atoms with van der Waals surface area (Å²) in [5.74, 6) is 8.64. The number of hydrogen-bond acceptors (Lipinski definition) is 5. The van der Waals surface area contributed by atoms with Crippen LogP contribution in [0.15, 0.2) is 29.1 Å². The van der Waals surface area contributed by atoms with Crippen molar-refractivity contribution in [2.45, 2.75) is 13.5 Å². The van der Waals surface area contributed by atoms with Gasteiger partial charge in [0.1, 0.15) is 5.82 Å². The lowest BCUT2D eigenvalue weighted by atomic mass is 10.2. The molecule has 2 rings (SSSR count). The first-order valence-electron chi connectivity index (χ1n) is 6.27. The fraction of sp³-hybridized carbons (Fsp3) is 0.214. The van der Waals surface area contributed by atoms with E-state index < -0.39 is 5.69 Å². The number of benzene rings is 1. The van der Waals surface area contributed by atoms with Crippen molar-refractivity contribution in [1.29, 1.82) is 0 Å². The molecule has 0 bridgehead atoms. The molecule has 7 heteroatoms. The van der Waals surface area contributed by atoms with Crippen molar-refractivity contribution in [2.24, 2.45) is 5.84 Å². The molecule has 0 aliphatic rings. The van der Waals surface area contributed by atoms with E-state index in [0.29, 0.717) is 23.0 Å². The van der Waals surface area contributed by atoms with E-state index in [2.05, 4.69) is 15.9 Å². The van der Waals surface area contributed by atoms with Crippen molar-refractivity contribution in [3.05, 3.63) is 39.8 Å². The maximum atomic E-state index is 12.1. The van der Waals surface area contributed by atoms with E-state index in [4.69, 9.17) is 23.9 Å². The summed E-state index contributed by atoms with van der Waals surface area (Å²) in [6.07, 6.45) is 5.20. The zero-order valence-electron chi connectivity index (χ0n) is 11.5. The van der Waals surface area contributed by atoms with Gasteiger partial charge in [0.05, 0.1) is 6.54 Å². The second-order valence-corrected chi connectivity index (χ2v) is 4.65. The van der Waals surface area contributed by atoms with E-state index in [9.17, 15) is 4.79 Å². The van der Waals surface area contributed by atoms with E-state index >= 15 is 0 Å². The van der Waals surface area contributed by atoms with Gasteiger partial charge in [-0.3, -0.25) is 9.58 Å². The maximum Gasteiger partial charge on any atom is 0.352 e. The molecule has 0 saturated carbocycles. The Hall–Kier alpha value is -2.36.